The molecule has 0 aliphatic heterocycles. The minimum Gasteiger partial charge on any atom is -0.303 e. The summed E-state index contributed by atoms with van der Waals surface area (Å²) in [7, 11) is -4.64. The Morgan fingerprint density at radius 1 is 0.955 bits per heavy atom. The van der Waals surface area contributed by atoms with E-state index in [4.69, 9.17) is 28.7 Å². The van der Waals surface area contributed by atoms with Crippen LogP contribution >= 0.6 is 7.82 Å². The number of carbonyl (C=O) groups is 2. The van der Waals surface area contributed by atoms with E-state index < -0.39 is 41.7 Å². The van der Waals surface area contributed by atoms with Crippen LogP contribution in [0.1, 0.15) is 13.8 Å². The summed E-state index contributed by atoms with van der Waals surface area (Å²) in [6.45, 7) is 11.2. The zero-order chi connectivity index (χ0) is 17.8. The Hall–Kier alpha value is -0.210. The van der Waals surface area contributed by atoms with Gasteiger partial charge in [0.25, 0.3) is 0 Å². The molecule has 8 nitrogen and oxygen atoms in total. The summed E-state index contributed by atoms with van der Waals surface area (Å²) in [5, 5.41) is 0. The van der Waals surface area contributed by atoms with Crippen LogP contribution in [-0.4, -0.2) is 73.7 Å². The van der Waals surface area contributed by atoms with Gasteiger partial charge in [0.05, 0.1) is 0 Å². The van der Waals surface area contributed by atoms with Crippen molar-refractivity contribution >= 4 is 53.6 Å². The molecule has 0 fully saturated rings. The van der Waals surface area contributed by atoms with Gasteiger partial charge in [-0.05, 0) is 0 Å². The fourth-order valence-corrected chi connectivity index (χ4v) is 2.60. The predicted octanol–water partition coefficient (Wildman–Crippen LogP) is 0.837. The maximum Gasteiger partial charge on any atom is 0.466 e. The van der Waals surface area contributed by atoms with Crippen LogP contribution in [0.4, 0.5) is 0 Å². The molecule has 0 bridgehead atoms. The van der Waals surface area contributed by atoms with Crippen molar-refractivity contribution in [2.75, 3.05) is 13.2 Å². The minimum atomic E-state index is -4.64. The van der Waals surface area contributed by atoms with Crippen LogP contribution in [0.2, 0.25) is 5.04 Å². The van der Waals surface area contributed by atoms with E-state index in [-0.39, 0.29) is 11.9 Å². The number of hydrogen-bond donors (Lipinski definition) is 3. The third-order valence-electron chi connectivity index (χ3n) is 1.95. The Bertz CT molecular complexity index is 404. The van der Waals surface area contributed by atoms with Crippen LogP contribution in [0.25, 0.3) is 0 Å². The quantitative estimate of drug-likeness (QED) is 0.190. The number of ether oxygens (including phenoxy) is 2. The van der Waals surface area contributed by atoms with Crippen molar-refractivity contribution in [3.8, 4) is 0 Å². The molecule has 0 aliphatic carbocycles. The van der Waals surface area contributed by atoms with Gasteiger partial charge in [-0.25, -0.2) is 4.57 Å². The molecule has 0 unspecified atom stereocenters. The first-order chi connectivity index (χ1) is 9.95. The first kappa shape index (κ1) is 24.0. The van der Waals surface area contributed by atoms with E-state index >= 15 is 0 Å². The molecule has 0 aromatic heterocycles. The van der Waals surface area contributed by atoms with Crippen LogP contribution in [0.3, 0.4) is 0 Å². The van der Waals surface area contributed by atoms with Crippen LogP contribution in [0, 0.1) is 0 Å². The van der Waals surface area contributed by atoms with Crippen molar-refractivity contribution < 1.29 is 38.3 Å². The first-order valence-corrected chi connectivity index (χ1v) is 11.1. The second-order valence-electron chi connectivity index (χ2n) is 4.41. The maximum absolute atomic E-state index is 11.0. The van der Waals surface area contributed by atoms with Gasteiger partial charge < -0.3 is 14.7 Å². The minimum absolute atomic E-state index is 0.332. The van der Waals surface area contributed by atoms with Gasteiger partial charge in [0.2, 0.25) is 0 Å². The predicted molar refractivity (Wildman–Crippen MR) is 81.2 cm³/mol. The number of rotatable bonds is 8. The summed E-state index contributed by atoms with van der Waals surface area (Å²) in [6.07, 6.45) is 0. The van der Waals surface area contributed by atoms with E-state index in [2.05, 4.69) is 13.2 Å². The third-order valence-corrected chi connectivity index (χ3v) is 4.42. The van der Waals surface area contributed by atoms with E-state index in [1.54, 1.807) is 13.8 Å². The summed E-state index contributed by atoms with van der Waals surface area (Å²) in [6, 6.07) is 0. The molecular weight excluding hydrogens is 343 g/mol. The van der Waals surface area contributed by atoms with Crippen LogP contribution in [0.5, 0.6) is 0 Å². The average Bonchev–Trinajstić information content (AvgIpc) is 2.34. The molecule has 0 aromatic rings. The van der Waals surface area contributed by atoms with Gasteiger partial charge in [-0.1, -0.05) is 0 Å². The van der Waals surface area contributed by atoms with Crippen molar-refractivity contribution in [1.82, 2.24) is 0 Å². The molecule has 0 aromatic carbocycles. The summed E-state index contributed by atoms with van der Waals surface area (Å²) < 4.78 is 20.7. The molecule has 0 aliphatic rings. The fraction of sp³-hybridized carbons (Fsp3) is 0.500. The normalized spacial score (nSPS) is 9.68. The Morgan fingerprint density at radius 3 is 1.45 bits per heavy atom. The summed E-state index contributed by atoms with van der Waals surface area (Å²) in [5.41, 5.74) is 0.848. The van der Waals surface area contributed by atoms with Gasteiger partial charge >= 0.3 is 129 Å². The molecule has 10 heteroatoms. The van der Waals surface area contributed by atoms with Gasteiger partial charge in [0.1, 0.15) is 0 Å². The topological polar surface area (TPSA) is 130 Å². The molecule has 0 rings (SSSR count). The molecule has 0 saturated carbocycles. The fourth-order valence-electron chi connectivity index (χ4n) is 0.957. The molecular formula is C12H21CaO8P. The average molecular weight is 364 g/mol. The van der Waals surface area contributed by atoms with Crippen molar-refractivity contribution in [2.45, 2.75) is 18.9 Å². The second kappa shape index (κ2) is 13.2. The number of esters is 2. The van der Waals surface area contributed by atoms with Gasteiger partial charge in [-0.15, -0.1) is 0 Å². The van der Waals surface area contributed by atoms with Crippen LogP contribution < -0.4 is 0 Å². The molecule has 0 amide bonds. The van der Waals surface area contributed by atoms with Crippen molar-refractivity contribution in [3.05, 3.63) is 24.3 Å². The zero-order valence-electron chi connectivity index (χ0n) is 12.8. The second-order valence-corrected chi connectivity index (χ2v) is 8.75. The Morgan fingerprint density at radius 2 is 1.23 bits per heavy atom. The van der Waals surface area contributed by atoms with Crippen molar-refractivity contribution in [2.24, 2.45) is 0 Å². The van der Waals surface area contributed by atoms with E-state index in [1.165, 1.54) is 0 Å². The largest absolute Gasteiger partial charge is 0.466 e. The van der Waals surface area contributed by atoms with E-state index in [0.29, 0.717) is 24.4 Å². The van der Waals surface area contributed by atoms with Gasteiger partial charge in [-0.2, -0.15) is 0 Å². The van der Waals surface area contributed by atoms with E-state index in [9.17, 15) is 9.59 Å². The van der Waals surface area contributed by atoms with Crippen LogP contribution in [0.15, 0.2) is 24.3 Å². The standard InChI is InChI=1S/2C6H9O2.Ca.H3O4P/c2*1-4-8-6(7)5(2)3;;1-5(2,3)4/h2*1-2,4H2,3H3;;(H3,1,2,3,4). The smallest absolute Gasteiger partial charge is 0.303 e. The Labute approximate surface area is 147 Å². The number of phosphoric acid groups is 1. The van der Waals surface area contributed by atoms with Gasteiger partial charge in [-0.3, -0.25) is 0 Å². The Kier molecular flexibility index (Phi) is 14.5. The number of hydrogen-bond acceptors (Lipinski definition) is 5. The Balaban J connectivity index is 0. The molecule has 22 heavy (non-hydrogen) atoms. The third kappa shape index (κ3) is 22.1. The van der Waals surface area contributed by atoms with Gasteiger partial charge in [0.15, 0.2) is 0 Å². The molecule has 0 atom stereocenters. The number of carbonyl (C=O) groups excluding carboxylic acids is 2. The molecule has 0 spiro atoms. The zero-order valence-corrected chi connectivity index (χ0v) is 15.9. The van der Waals surface area contributed by atoms with E-state index in [0.717, 1.165) is 5.04 Å². The molecule has 0 heterocycles. The molecule has 0 radical (unpaired) electrons. The molecule has 3 N–H and O–H groups in total. The molecule has 0 saturated heterocycles. The first-order valence-electron chi connectivity index (χ1n) is 6.38. The van der Waals surface area contributed by atoms with E-state index in [1.807, 2.05) is 0 Å². The molecule has 124 valence electrons. The van der Waals surface area contributed by atoms with Gasteiger partial charge in [0, 0.05) is 0 Å². The monoisotopic (exact) mass is 364 g/mol. The van der Waals surface area contributed by atoms with Crippen molar-refractivity contribution in [1.29, 1.82) is 0 Å². The summed E-state index contributed by atoms with van der Waals surface area (Å²) >= 11 is -0.750. The maximum atomic E-state index is 11.0. The van der Waals surface area contributed by atoms with Crippen LogP contribution in [-0.2, 0) is 23.6 Å². The van der Waals surface area contributed by atoms with Crippen molar-refractivity contribution in [3.63, 3.8) is 0 Å². The summed E-state index contributed by atoms with van der Waals surface area (Å²) in [4.78, 5) is 43.6. The SMILES string of the molecule is C=C(C)C(=O)OC[CH2][Ca][CH2]COC(=O)C(=C)C.O=P(O)(O)O. The summed E-state index contributed by atoms with van der Waals surface area (Å²) in [5.74, 6) is -0.665.